The minimum absolute atomic E-state index is 0. The summed E-state index contributed by atoms with van der Waals surface area (Å²) in [6.07, 6.45) is 5.32. The number of halogens is 3. The van der Waals surface area contributed by atoms with Gasteiger partial charge in [0.05, 0.1) is 17.8 Å². The average molecular weight is 417 g/mol. The molecule has 2 atom stereocenters. The number of hydrogen-bond donors (Lipinski definition) is 0. The fourth-order valence-electron chi connectivity index (χ4n) is 3.31. The van der Waals surface area contributed by atoms with Gasteiger partial charge in [0.2, 0.25) is 5.88 Å². The van der Waals surface area contributed by atoms with Crippen molar-refractivity contribution in [2.75, 3.05) is 6.61 Å². The van der Waals surface area contributed by atoms with E-state index in [0.717, 1.165) is 38.0 Å². The first kappa shape index (κ1) is 22.0. The van der Waals surface area contributed by atoms with Gasteiger partial charge in [0.25, 0.3) is 0 Å². The molecule has 1 fully saturated rings. The third-order valence-electron chi connectivity index (χ3n) is 4.78. The predicted molar refractivity (Wildman–Crippen MR) is 108 cm³/mol. The van der Waals surface area contributed by atoms with Crippen molar-refractivity contribution in [2.24, 2.45) is 0 Å². The van der Waals surface area contributed by atoms with Gasteiger partial charge in [-0.05, 0) is 50.8 Å². The van der Waals surface area contributed by atoms with Crippen LogP contribution in [0.15, 0.2) is 24.3 Å². The van der Waals surface area contributed by atoms with Crippen LogP contribution in [0.25, 0.3) is 0 Å². The molecule has 0 saturated carbocycles. The lowest BCUT2D eigenvalue weighted by Crippen LogP contribution is -2.29. The Morgan fingerprint density at radius 1 is 1.37 bits per heavy atom. The molecule has 2 heterocycles. The molecule has 0 amide bonds. The molecule has 1 aromatic carbocycles. The van der Waals surface area contributed by atoms with Crippen LogP contribution in [0.4, 0.5) is 4.39 Å². The monoisotopic (exact) mass is 416 g/mol. The van der Waals surface area contributed by atoms with Crippen LogP contribution in [0.3, 0.4) is 0 Å². The number of benzene rings is 1. The number of aryl methyl sites for hydroxylation is 1. The highest BCUT2D eigenvalue weighted by molar-refractivity contribution is 6.30. The van der Waals surface area contributed by atoms with Gasteiger partial charge < -0.3 is 9.47 Å². The molecule has 1 aromatic heterocycles. The lowest BCUT2D eigenvalue weighted by atomic mass is 10.0. The molecule has 150 valence electrons. The number of nitrogens with zero attached hydrogens (tertiary/aromatic N) is 2. The number of aromatic nitrogens is 2. The quantitative estimate of drug-likeness (QED) is 0.575. The second-order valence-electron chi connectivity index (χ2n) is 6.84. The second-order valence-corrected chi connectivity index (χ2v) is 7.27. The summed E-state index contributed by atoms with van der Waals surface area (Å²) in [6.45, 7) is 5.13. The van der Waals surface area contributed by atoms with Crippen LogP contribution in [0.1, 0.15) is 56.8 Å². The Morgan fingerprint density at radius 3 is 2.89 bits per heavy atom. The molecule has 3 rings (SSSR count). The van der Waals surface area contributed by atoms with E-state index < -0.39 is 0 Å². The van der Waals surface area contributed by atoms with E-state index in [9.17, 15) is 4.39 Å². The van der Waals surface area contributed by atoms with E-state index in [1.807, 2.05) is 10.7 Å². The number of rotatable bonds is 7. The van der Waals surface area contributed by atoms with Gasteiger partial charge in [0.1, 0.15) is 12.4 Å². The summed E-state index contributed by atoms with van der Waals surface area (Å²) in [6, 6.07) is 6.51. The highest BCUT2D eigenvalue weighted by Gasteiger charge is 2.25. The third-order valence-corrected chi connectivity index (χ3v) is 5.02. The maximum absolute atomic E-state index is 14.0. The van der Waals surface area contributed by atoms with Crippen LogP contribution in [-0.2, 0) is 17.8 Å². The minimum Gasteiger partial charge on any atom is -0.473 e. The topological polar surface area (TPSA) is 36.3 Å². The van der Waals surface area contributed by atoms with E-state index in [-0.39, 0.29) is 37.0 Å². The second kappa shape index (κ2) is 10.3. The summed E-state index contributed by atoms with van der Waals surface area (Å²) < 4.78 is 27.7. The highest BCUT2D eigenvalue weighted by atomic mass is 35.5. The zero-order valence-electron chi connectivity index (χ0n) is 15.8. The highest BCUT2D eigenvalue weighted by Crippen LogP contribution is 2.29. The van der Waals surface area contributed by atoms with Crippen molar-refractivity contribution in [1.29, 1.82) is 0 Å². The molecule has 27 heavy (non-hydrogen) atoms. The van der Waals surface area contributed by atoms with Crippen LogP contribution < -0.4 is 4.74 Å². The van der Waals surface area contributed by atoms with Crippen LogP contribution in [0.5, 0.6) is 5.88 Å². The zero-order chi connectivity index (χ0) is 18.5. The van der Waals surface area contributed by atoms with E-state index in [2.05, 4.69) is 13.8 Å². The van der Waals surface area contributed by atoms with Crippen LogP contribution in [-0.4, -0.2) is 22.5 Å². The maximum atomic E-state index is 14.0. The van der Waals surface area contributed by atoms with Crippen molar-refractivity contribution in [3.05, 3.63) is 46.4 Å². The SMILES string of the molecule is CCCc1cc(OCc2cc(Cl)ccc2F)n(C(C)C2CCCCO2)n1.Cl. The fourth-order valence-corrected chi connectivity index (χ4v) is 3.51. The van der Waals surface area contributed by atoms with E-state index in [0.29, 0.717) is 16.5 Å². The summed E-state index contributed by atoms with van der Waals surface area (Å²) in [5.41, 5.74) is 1.42. The molecule has 1 saturated heterocycles. The predicted octanol–water partition coefficient (Wildman–Crippen LogP) is 5.76. The molecule has 0 spiro atoms. The molecule has 0 aliphatic carbocycles. The summed E-state index contributed by atoms with van der Waals surface area (Å²) in [5.74, 6) is 0.326. The van der Waals surface area contributed by atoms with Crippen molar-refractivity contribution in [3.63, 3.8) is 0 Å². The van der Waals surface area contributed by atoms with Crippen molar-refractivity contribution in [1.82, 2.24) is 9.78 Å². The molecular formula is C20H27Cl2FN2O2. The van der Waals surface area contributed by atoms with E-state index in [1.54, 1.807) is 6.07 Å². The van der Waals surface area contributed by atoms with Crippen molar-refractivity contribution in [3.8, 4) is 5.88 Å². The first-order valence-electron chi connectivity index (χ1n) is 9.35. The Balaban J connectivity index is 0.00000261. The van der Waals surface area contributed by atoms with Gasteiger partial charge in [0.15, 0.2) is 0 Å². The molecule has 2 aromatic rings. The Hall–Kier alpha value is -1.30. The van der Waals surface area contributed by atoms with Crippen LogP contribution >= 0.6 is 24.0 Å². The summed E-state index contributed by atoms with van der Waals surface area (Å²) >= 11 is 5.97. The normalized spacial score (nSPS) is 18.0. The molecule has 2 unspecified atom stereocenters. The summed E-state index contributed by atoms with van der Waals surface area (Å²) in [5, 5.41) is 5.21. The first-order chi connectivity index (χ1) is 12.6. The Kier molecular flexibility index (Phi) is 8.39. The van der Waals surface area contributed by atoms with Crippen molar-refractivity contribution in [2.45, 2.75) is 64.7 Å². The van der Waals surface area contributed by atoms with E-state index >= 15 is 0 Å². The lowest BCUT2D eigenvalue weighted by Gasteiger charge is -2.29. The van der Waals surface area contributed by atoms with E-state index in [1.165, 1.54) is 18.6 Å². The van der Waals surface area contributed by atoms with Gasteiger partial charge in [-0.25, -0.2) is 9.07 Å². The third kappa shape index (κ3) is 5.59. The van der Waals surface area contributed by atoms with Gasteiger partial charge in [0, 0.05) is 23.3 Å². The molecule has 1 aliphatic heterocycles. The minimum atomic E-state index is -0.321. The summed E-state index contributed by atoms with van der Waals surface area (Å²) in [4.78, 5) is 0. The Bertz CT molecular complexity index is 733. The first-order valence-corrected chi connectivity index (χ1v) is 9.73. The number of ether oxygens (including phenoxy) is 2. The summed E-state index contributed by atoms with van der Waals surface area (Å²) in [7, 11) is 0. The van der Waals surface area contributed by atoms with Gasteiger partial charge in [-0.1, -0.05) is 24.9 Å². The van der Waals surface area contributed by atoms with Crippen molar-refractivity contribution >= 4 is 24.0 Å². The molecule has 0 N–H and O–H groups in total. The van der Waals surface area contributed by atoms with Gasteiger partial charge >= 0.3 is 0 Å². The fraction of sp³-hybridized carbons (Fsp3) is 0.550. The number of hydrogen-bond acceptors (Lipinski definition) is 3. The zero-order valence-corrected chi connectivity index (χ0v) is 17.4. The molecule has 1 aliphatic rings. The maximum Gasteiger partial charge on any atom is 0.212 e. The lowest BCUT2D eigenvalue weighted by molar-refractivity contribution is -0.0170. The van der Waals surface area contributed by atoms with Crippen molar-refractivity contribution < 1.29 is 13.9 Å². The Morgan fingerprint density at radius 2 is 2.19 bits per heavy atom. The van der Waals surface area contributed by atoms with Crippen LogP contribution in [0, 0.1) is 5.82 Å². The molecular weight excluding hydrogens is 390 g/mol. The van der Waals surface area contributed by atoms with Crippen LogP contribution in [0.2, 0.25) is 5.02 Å². The average Bonchev–Trinajstić information content (AvgIpc) is 3.05. The van der Waals surface area contributed by atoms with Gasteiger partial charge in [-0.3, -0.25) is 0 Å². The Labute approximate surface area is 171 Å². The molecule has 0 radical (unpaired) electrons. The molecule has 4 nitrogen and oxygen atoms in total. The van der Waals surface area contributed by atoms with Gasteiger partial charge in [-0.2, -0.15) is 5.10 Å². The smallest absolute Gasteiger partial charge is 0.212 e. The molecule has 7 heteroatoms. The van der Waals surface area contributed by atoms with Gasteiger partial charge in [-0.15, -0.1) is 12.4 Å². The van der Waals surface area contributed by atoms with E-state index in [4.69, 9.17) is 26.2 Å². The molecule has 0 bridgehead atoms. The largest absolute Gasteiger partial charge is 0.473 e. The standard InChI is InChI=1S/C20H26ClFN2O2.ClH/c1-3-6-17-12-20(26-13-15-11-16(21)8-9-18(15)22)24(23-17)14(2)19-7-4-5-10-25-19;/h8-9,11-12,14,19H,3-7,10,13H2,1-2H3;1H.